The molecule has 2 heterocycles. The van der Waals surface area contributed by atoms with Crippen LogP contribution in [0.5, 0.6) is 0 Å². The number of amides is 2. The maximum absolute atomic E-state index is 12.4. The summed E-state index contributed by atoms with van der Waals surface area (Å²) in [4.78, 5) is 28.1. The molecule has 2 aromatic rings. The van der Waals surface area contributed by atoms with Crippen molar-refractivity contribution in [1.82, 2.24) is 0 Å². The van der Waals surface area contributed by atoms with Gasteiger partial charge in [-0.3, -0.25) is 9.59 Å². The number of anilines is 3. The van der Waals surface area contributed by atoms with E-state index in [0.29, 0.717) is 0 Å². The molecule has 2 N–H and O–H groups in total. The predicted molar refractivity (Wildman–Crippen MR) is 115 cm³/mol. The summed E-state index contributed by atoms with van der Waals surface area (Å²) in [6.45, 7) is 4.48. The molecular formula is C22H25N3O2S. The minimum Gasteiger partial charge on any atom is -0.372 e. The molecular weight excluding hydrogens is 370 g/mol. The normalized spacial score (nSPS) is 19.7. The minimum absolute atomic E-state index is 0.117. The Balaban J connectivity index is 1.33. The molecule has 0 saturated carbocycles. The van der Waals surface area contributed by atoms with E-state index in [1.54, 1.807) is 0 Å². The van der Waals surface area contributed by atoms with E-state index in [9.17, 15) is 9.59 Å². The van der Waals surface area contributed by atoms with Gasteiger partial charge in [0.05, 0.1) is 10.9 Å². The molecule has 1 fully saturated rings. The van der Waals surface area contributed by atoms with Crippen LogP contribution in [0.15, 0.2) is 53.4 Å². The van der Waals surface area contributed by atoms with E-state index in [2.05, 4.69) is 34.6 Å². The second kappa shape index (κ2) is 8.27. The average molecular weight is 396 g/mol. The van der Waals surface area contributed by atoms with Crippen LogP contribution in [0, 0.1) is 5.92 Å². The molecule has 1 saturated heterocycles. The maximum atomic E-state index is 12.4. The molecule has 4 rings (SSSR count). The molecule has 2 aliphatic heterocycles. The molecule has 1 atom stereocenters. The summed E-state index contributed by atoms with van der Waals surface area (Å²) in [6, 6.07) is 15.7. The molecule has 0 spiro atoms. The van der Waals surface area contributed by atoms with Crippen LogP contribution < -0.4 is 15.5 Å². The summed E-state index contributed by atoms with van der Waals surface area (Å²) in [7, 11) is 0. The molecule has 0 bridgehead atoms. The van der Waals surface area contributed by atoms with Crippen LogP contribution in [0.1, 0.15) is 26.2 Å². The minimum atomic E-state index is -0.412. The van der Waals surface area contributed by atoms with E-state index in [-0.39, 0.29) is 18.2 Å². The number of nitrogens with zero attached hydrogens (tertiary/aromatic N) is 1. The van der Waals surface area contributed by atoms with Gasteiger partial charge in [-0.1, -0.05) is 19.1 Å². The fourth-order valence-electron chi connectivity index (χ4n) is 3.63. The zero-order chi connectivity index (χ0) is 19.5. The third-order valence-electron chi connectivity index (χ3n) is 5.38. The van der Waals surface area contributed by atoms with Gasteiger partial charge in [-0.05, 0) is 55.2 Å². The summed E-state index contributed by atoms with van der Waals surface area (Å²) in [5.41, 5.74) is 2.78. The maximum Gasteiger partial charge on any atom is 0.238 e. The van der Waals surface area contributed by atoms with Crippen LogP contribution >= 0.6 is 11.8 Å². The number of hydrogen-bond acceptors (Lipinski definition) is 4. The second-order valence-corrected chi connectivity index (χ2v) is 8.81. The molecule has 6 heteroatoms. The Bertz CT molecular complexity index is 860. The summed E-state index contributed by atoms with van der Waals surface area (Å²) >= 11 is 1.45. The monoisotopic (exact) mass is 395 g/mol. The number of benzene rings is 2. The van der Waals surface area contributed by atoms with Crippen molar-refractivity contribution in [2.45, 2.75) is 36.3 Å². The van der Waals surface area contributed by atoms with Gasteiger partial charge >= 0.3 is 0 Å². The number of rotatable bonds is 4. The summed E-state index contributed by atoms with van der Waals surface area (Å²) in [5, 5.41) is 5.39. The predicted octanol–water partition coefficient (Wildman–Crippen LogP) is 4.36. The third-order valence-corrected chi connectivity index (χ3v) is 6.65. The quantitative estimate of drug-likeness (QED) is 0.807. The molecule has 5 nitrogen and oxygen atoms in total. The van der Waals surface area contributed by atoms with Crippen LogP contribution in [-0.4, -0.2) is 30.2 Å². The highest BCUT2D eigenvalue weighted by atomic mass is 32.2. The molecule has 0 aromatic heterocycles. The largest absolute Gasteiger partial charge is 0.372 e. The summed E-state index contributed by atoms with van der Waals surface area (Å²) in [5.74, 6) is 0.539. The number of carbonyl (C=O) groups excluding carboxylic acids is 2. The number of piperidine rings is 1. The van der Waals surface area contributed by atoms with Crippen LogP contribution in [0.4, 0.5) is 17.1 Å². The highest BCUT2D eigenvalue weighted by Crippen LogP contribution is 2.36. The zero-order valence-electron chi connectivity index (χ0n) is 16.0. The lowest BCUT2D eigenvalue weighted by molar-refractivity contribution is -0.120. The van der Waals surface area contributed by atoms with Gasteiger partial charge in [0.1, 0.15) is 0 Å². The van der Waals surface area contributed by atoms with Crippen molar-refractivity contribution in [2.75, 3.05) is 28.6 Å². The number of carbonyl (C=O) groups is 2. The Morgan fingerprint density at radius 1 is 1.14 bits per heavy atom. The molecule has 0 unspecified atom stereocenters. The Labute approximate surface area is 169 Å². The van der Waals surface area contributed by atoms with Crippen LogP contribution in [0.2, 0.25) is 0 Å². The standard InChI is InChI=1S/C22H25N3O2S/c1-15-10-12-25(13-11-15)17-8-6-16(7-9-17)23-21(26)14-20-22(27)24-18-4-2-3-5-19(18)28-20/h2-9,15,20H,10-14H2,1H3,(H,23,26)(H,24,27)/t20-/m1/s1. The SMILES string of the molecule is CC1CCN(c2ccc(NC(=O)C[C@H]3Sc4ccccc4NC3=O)cc2)CC1. The van der Waals surface area contributed by atoms with Crippen molar-refractivity contribution in [3.05, 3.63) is 48.5 Å². The van der Waals surface area contributed by atoms with Gasteiger partial charge in [0.25, 0.3) is 0 Å². The second-order valence-electron chi connectivity index (χ2n) is 7.56. The number of thioether (sulfide) groups is 1. The van der Waals surface area contributed by atoms with Gasteiger partial charge in [0.15, 0.2) is 0 Å². The van der Waals surface area contributed by atoms with Crippen molar-refractivity contribution >= 4 is 40.6 Å². The Morgan fingerprint density at radius 3 is 2.61 bits per heavy atom. The molecule has 2 aromatic carbocycles. The van der Waals surface area contributed by atoms with E-state index in [1.807, 2.05) is 36.4 Å². The third kappa shape index (κ3) is 4.33. The highest BCUT2D eigenvalue weighted by Gasteiger charge is 2.28. The summed E-state index contributed by atoms with van der Waals surface area (Å²) < 4.78 is 0. The van der Waals surface area contributed by atoms with Crippen molar-refractivity contribution in [3.8, 4) is 0 Å². The fourth-order valence-corrected chi connectivity index (χ4v) is 4.74. The van der Waals surface area contributed by atoms with Crippen LogP contribution in [0.3, 0.4) is 0 Å². The van der Waals surface area contributed by atoms with Crippen molar-refractivity contribution < 1.29 is 9.59 Å². The zero-order valence-corrected chi connectivity index (χ0v) is 16.8. The van der Waals surface area contributed by atoms with Gasteiger partial charge in [-0.2, -0.15) is 0 Å². The molecule has 28 heavy (non-hydrogen) atoms. The highest BCUT2D eigenvalue weighted by molar-refractivity contribution is 8.01. The first-order valence-electron chi connectivity index (χ1n) is 9.80. The van der Waals surface area contributed by atoms with E-state index >= 15 is 0 Å². The smallest absolute Gasteiger partial charge is 0.238 e. The number of hydrogen-bond donors (Lipinski definition) is 2. The van der Waals surface area contributed by atoms with Gasteiger partial charge < -0.3 is 15.5 Å². The Morgan fingerprint density at radius 2 is 1.86 bits per heavy atom. The number of para-hydroxylation sites is 1. The van der Waals surface area contributed by atoms with Crippen molar-refractivity contribution in [2.24, 2.45) is 5.92 Å². The van der Waals surface area contributed by atoms with Crippen molar-refractivity contribution in [1.29, 1.82) is 0 Å². The first kappa shape index (κ1) is 18.9. The molecule has 0 aliphatic carbocycles. The van der Waals surface area contributed by atoms with Gasteiger partial charge in [-0.15, -0.1) is 11.8 Å². The molecule has 2 amide bonds. The molecule has 146 valence electrons. The fraction of sp³-hybridized carbons (Fsp3) is 0.364. The first-order chi connectivity index (χ1) is 13.6. The van der Waals surface area contributed by atoms with E-state index in [1.165, 1.54) is 30.3 Å². The van der Waals surface area contributed by atoms with E-state index in [4.69, 9.17) is 0 Å². The molecule has 2 aliphatic rings. The van der Waals surface area contributed by atoms with Gasteiger partial charge in [0, 0.05) is 35.8 Å². The van der Waals surface area contributed by atoms with Gasteiger partial charge in [-0.25, -0.2) is 0 Å². The van der Waals surface area contributed by atoms with Gasteiger partial charge in [0.2, 0.25) is 11.8 Å². The first-order valence-corrected chi connectivity index (χ1v) is 10.7. The topological polar surface area (TPSA) is 61.4 Å². The van der Waals surface area contributed by atoms with Crippen LogP contribution in [-0.2, 0) is 9.59 Å². The van der Waals surface area contributed by atoms with Crippen LogP contribution in [0.25, 0.3) is 0 Å². The average Bonchev–Trinajstić information content (AvgIpc) is 2.70. The Hall–Kier alpha value is -2.47. The lowest BCUT2D eigenvalue weighted by atomic mass is 9.99. The Kier molecular flexibility index (Phi) is 5.57. The number of fused-ring (bicyclic) bond motifs is 1. The lowest BCUT2D eigenvalue weighted by Gasteiger charge is -2.32. The summed E-state index contributed by atoms with van der Waals surface area (Å²) in [6.07, 6.45) is 2.60. The van der Waals surface area contributed by atoms with Crippen molar-refractivity contribution in [3.63, 3.8) is 0 Å². The van der Waals surface area contributed by atoms with E-state index < -0.39 is 5.25 Å². The number of nitrogens with one attached hydrogen (secondary N) is 2. The lowest BCUT2D eigenvalue weighted by Crippen LogP contribution is -2.33. The van der Waals surface area contributed by atoms with E-state index in [0.717, 1.165) is 35.3 Å². The molecule has 0 radical (unpaired) electrons.